The van der Waals surface area contributed by atoms with Gasteiger partial charge < -0.3 is 4.74 Å². The number of allylic oxidation sites excluding steroid dienone is 1. The second-order valence-electron chi connectivity index (χ2n) is 1.38. The van der Waals surface area contributed by atoms with Gasteiger partial charge in [-0.1, -0.05) is 13.2 Å². The van der Waals surface area contributed by atoms with Crippen LogP contribution in [0.4, 0.5) is 0 Å². The van der Waals surface area contributed by atoms with Gasteiger partial charge in [0.15, 0.2) is 0 Å². The van der Waals surface area contributed by atoms with E-state index in [-0.39, 0.29) is 0 Å². The van der Waals surface area contributed by atoms with E-state index in [0.29, 0.717) is 12.4 Å². The lowest BCUT2D eigenvalue weighted by Gasteiger charge is -2.03. The van der Waals surface area contributed by atoms with Gasteiger partial charge in [0.2, 0.25) is 0 Å². The van der Waals surface area contributed by atoms with Crippen molar-refractivity contribution >= 4 is 9.24 Å². The highest BCUT2D eigenvalue weighted by molar-refractivity contribution is 7.22. The quantitative estimate of drug-likeness (QED) is 0.322. The minimum atomic E-state index is 0.650. The maximum Gasteiger partial charge on any atom is 0.118 e. The summed E-state index contributed by atoms with van der Waals surface area (Å²) in [6, 6.07) is 0. The highest BCUT2D eigenvalue weighted by Gasteiger charge is 1.89. The van der Waals surface area contributed by atoms with E-state index in [4.69, 9.17) is 4.74 Å². The van der Waals surface area contributed by atoms with Crippen molar-refractivity contribution < 1.29 is 4.74 Å². The summed E-state index contributed by atoms with van der Waals surface area (Å²) in [5.41, 5.74) is 0. The molecule has 0 aromatic carbocycles. The summed E-state index contributed by atoms with van der Waals surface area (Å²) >= 11 is 0. The monoisotopic (exact) mass is 130 g/mol. The van der Waals surface area contributed by atoms with Crippen LogP contribution in [0.5, 0.6) is 0 Å². The lowest BCUT2D eigenvalue weighted by Crippen LogP contribution is -1.87. The second kappa shape index (κ2) is 3.68. The molecule has 1 unspecified atom stereocenters. The first-order valence-electron chi connectivity index (χ1n) is 2.45. The van der Waals surface area contributed by atoms with Crippen LogP contribution in [0, 0.1) is 0 Å². The number of ether oxygens (including phenoxy) is 1. The minimum absolute atomic E-state index is 0.650. The maximum absolute atomic E-state index is 4.99. The Bertz CT molecular complexity index is 107. The fourth-order valence-electron chi connectivity index (χ4n) is 0.267. The van der Waals surface area contributed by atoms with E-state index in [1.807, 2.05) is 6.92 Å². The molecule has 0 saturated carbocycles. The Morgan fingerprint density at radius 3 is 2.25 bits per heavy atom. The Balaban J connectivity index is 3.49. The normalized spacial score (nSPS) is 8.25. The smallest absolute Gasteiger partial charge is 0.118 e. The molecular formula is C6H11OP. The first-order chi connectivity index (χ1) is 3.68. The van der Waals surface area contributed by atoms with Crippen LogP contribution in [-0.4, -0.2) is 6.61 Å². The van der Waals surface area contributed by atoms with Crippen LogP contribution < -0.4 is 0 Å². The minimum Gasteiger partial charge on any atom is -0.494 e. The predicted molar refractivity (Wildman–Crippen MR) is 39.6 cm³/mol. The average Bonchev–Trinajstić information content (AvgIpc) is 1.67. The molecule has 0 fully saturated rings. The van der Waals surface area contributed by atoms with Crippen LogP contribution >= 0.6 is 9.24 Å². The molecule has 0 heterocycles. The first-order valence-corrected chi connectivity index (χ1v) is 3.02. The highest BCUT2D eigenvalue weighted by atomic mass is 31.0. The Labute approximate surface area is 52.6 Å². The van der Waals surface area contributed by atoms with E-state index in [9.17, 15) is 0 Å². The van der Waals surface area contributed by atoms with E-state index in [1.165, 1.54) is 0 Å². The molecule has 0 amide bonds. The average molecular weight is 130 g/mol. The van der Waals surface area contributed by atoms with E-state index < -0.39 is 0 Å². The zero-order chi connectivity index (χ0) is 6.57. The molecule has 0 rings (SSSR count). The molecule has 2 heteroatoms. The molecule has 46 valence electrons. The van der Waals surface area contributed by atoms with Gasteiger partial charge in [-0.05, 0) is 6.92 Å². The first kappa shape index (κ1) is 7.71. The van der Waals surface area contributed by atoms with Crippen molar-refractivity contribution in [2.24, 2.45) is 0 Å². The highest BCUT2D eigenvalue weighted by Crippen LogP contribution is 2.12. The van der Waals surface area contributed by atoms with Gasteiger partial charge in [0, 0.05) is 5.31 Å². The molecule has 0 bridgehead atoms. The zero-order valence-electron chi connectivity index (χ0n) is 5.11. The largest absolute Gasteiger partial charge is 0.494 e. The molecule has 0 aliphatic heterocycles. The van der Waals surface area contributed by atoms with Crippen molar-refractivity contribution in [2.45, 2.75) is 6.92 Å². The van der Waals surface area contributed by atoms with Crippen LogP contribution in [0.1, 0.15) is 6.92 Å². The summed E-state index contributed by atoms with van der Waals surface area (Å²) in [6.07, 6.45) is 0. The van der Waals surface area contributed by atoms with Crippen LogP contribution in [-0.2, 0) is 4.74 Å². The van der Waals surface area contributed by atoms with E-state index >= 15 is 0 Å². The SMILES string of the molecule is C=C(P)C(=C)OCC. The number of hydrogen-bond acceptors (Lipinski definition) is 1. The third-order valence-corrected chi connectivity index (χ3v) is 0.999. The zero-order valence-corrected chi connectivity index (χ0v) is 6.26. The van der Waals surface area contributed by atoms with Crippen LogP contribution in [0.25, 0.3) is 0 Å². The summed E-state index contributed by atoms with van der Waals surface area (Å²) < 4.78 is 4.99. The Morgan fingerprint density at radius 2 is 2.12 bits per heavy atom. The molecule has 8 heavy (non-hydrogen) atoms. The van der Waals surface area contributed by atoms with Crippen molar-refractivity contribution in [3.63, 3.8) is 0 Å². The predicted octanol–water partition coefficient (Wildman–Crippen LogP) is 1.93. The van der Waals surface area contributed by atoms with E-state index in [1.54, 1.807) is 0 Å². The van der Waals surface area contributed by atoms with Crippen molar-refractivity contribution in [1.29, 1.82) is 0 Å². The number of hydrogen-bond donors (Lipinski definition) is 0. The fourth-order valence-corrected chi connectivity index (χ4v) is 0.350. The number of rotatable bonds is 3. The molecule has 0 aromatic rings. The van der Waals surface area contributed by atoms with Crippen molar-refractivity contribution in [3.8, 4) is 0 Å². The fraction of sp³-hybridized carbons (Fsp3) is 0.333. The van der Waals surface area contributed by atoms with E-state index in [0.717, 1.165) is 5.31 Å². The maximum atomic E-state index is 4.99. The van der Waals surface area contributed by atoms with E-state index in [2.05, 4.69) is 22.4 Å². The molecule has 0 aromatic heterocycles. The van der Waals surface area contributed by atoms with Crippen LogP contribution in [0.2, 0.25) is 0 Å². The molecule has 0 aliphatic rings. The van der Waals surface area contributed by atoms with Crippen molar-refractivity contribution in [1.82, 2.24) is 0 Å². The van der Waals surface area contributed by atoms with Gasteiger partial charge in [-0.15, -0.1) is 9.24 Å². The topological polar surface area (TPSA) is 9.23 Å². The second-order valence-corrected chi connectivity index (χ2v) is 2.08. The van der Waals surface area contributed by atoms with Gasteiger partial charge >= 0.3 is 0 Å². The third-order valence-electron chi connectivity index (χ3n) is 0.677. The Kier molecular flexibility index (Phi) is 3.55. The van der Waals surface area contributed by atoms with Crippen LogP contribution in [0.15, 0.2) is 24.2 Å². The molecule has 0 radical (unpaired) electrons. The third kappa shape index (κ3) is 2.81. The Morgan fingerprint density at radius 1 is 1.62 bits per heavy atom. The van der Waals surface area contributed by atoms with Gasteiger partial charge in [-0.3, -0.25) is 0 Å². The van der Waals surface area contributed by atoms with Gasteiger partial charge in [-0.2, -0.15) is 0 Å². The van der Waals surface area contributed by atoms with Gasteiger partial charge in [-0.25, -0.2) is 0 Å². The molecule has 0 N–H and O–H groups in total. The molecule has 0 saturated heterocycles. The lowest BCUT2D eigenvalue weighted by molar-refractivity contribution is 0.243. The molecule has 1 atom stereocenters. The van der Waals surface area contributed by atoms with Crippen molar-refractivity contribution in [2.75, 3.05) is 6.61 Å². The van der Waals surface area contributed by atoms with Gasteiger partial charge in [0.25, 0.3) is 0 Å². The lowest BCUT2D eigenvalue weighted by atomic mass is 10.5. The van der Waals surface area contributed by atoms with Crippen molar-refractivity contribution in [3.05, 3.63) is 24.2 Å². The van der Waals surface area contributed by atoms with Crippen LogP contribution in [0.3, 0.4) is 0 Å². The van der Waals surface area contributed by atoms with Gasteiger partial charge in [0.1, 0.15) is 5.76 Å². The molecule has 0 aliphatic carbocycles. The molecular weight excluding hydrogens is 119 g/mol. The Hall–Kier alpha value is -0.290. The summed E-state index contributed by atoms with van der Waals surface area (Å²) in [5, 5.41) is 0.812. The standard InChI is InChI=1S/C6H11OP/c1-4-7-5(2)6(3)8/h2-4,8H2,1H3. The van der Waals surface area contributed by atoms with Gasteiger partial charge in [0.05, 0.1) is 6.61 Å². The summed E-state index contributed by atoms with van der Waals surface area (Å²) in [6.45, 7) is 9.79. The summed E-state index contributed by atoms with van der Waals surface area (Å²) in [5.74, 6) is 0.650. The molecule has 0 spiro atoms. The summed E-state index contributed by atoms with van der Waals surface area (Å²) in [4.78, 5) is 0. The summed E-state index contributed by atoms with van der Waals surface area (Å²) in [7, 11) is 2.43. The molecule has 1 nitrogen and oxygen atoms in total.